The van der Waals surface area contributed by atoms with Crippen molar-refractivity contribution >= 4 is 0 Å². The van der Waals surface area contributed by atoms with Gasteiger partial charge in [0.2, 0.25) is 0 Å². The Bertz CT molecular complexity index is 110. The molecule has 0 rings (SSSR count). The number of rotatable bonds is 10. The zero-order chi connectivity index (χ0) is 10.6. The Hall–Kier alpha value is -0.160. The molecule has 0 amide bonds. The summed E-state index contributed by atoms with van der Waals surface area (Å²) in [5.74, 6) is 0. The molecule has 0 heterocycles. The average molecular weight is 204 g/mol. The zero-order valence-corrected chi connectivity index (χ0v) is 9.13. The molecular weight excluding hydrogens is 180 g/mol. The van der Waals surface area contributed by atoms with Crippen molar-refractivity contribution in [1.82, 2.24) is 10.6 Å². The lowest BCUT2D eigenvalue weighted by atomic mass is 10.3. The van der Waals surface area contributed by atoms with Gasteiger partial charge in [0.05, 0.1) is 0 Å². The zero-order valence-electron chi connectivity index (χ0n) is 9.13. The number of aliphatic hydroxyl groups is 2. The van der Waals surface area contributed by atoms with Crippen molar-refractivity contribution in [1.29, 1.82) is 0 Å². The van der Waals surface area contributed by atoms with Crippen LogP contribution < -0.4 is 10.6 Å². The monoisotopic (exact) mass is 204 g/mol. The Morgan fingerprint density at radius 2 is 1.50 bits per heavy atom. The van der Waals surface area contributed by atoms with Crippen LogP contribution >= 0.6 is 0 Å². The van der Waals surface area contributed by atoms with Gasteiger partial charge in [0, 0.05) is 6.42 Å². The van der Waals surface area contributed by atoms with E-state index in [2.05, 4.69) is 17.6 Å². The van der Waals surface area contributed by atoms with Crippen LogP contribution in [0, 0.1) is 0 Å². The fourth-order valence-corrected chi connectivity index (χ4v) is 1.16. The maximum Gasteiger partial charge on any atom is 0.152 e. The lowest BCUT2D eigenvalue weighted by molar-refractivity contribution is -0.0443. The highest BCUT2D eigenvalue weighted by molar-refractivity contribution is 4.52. The van der Waals surface area contributed by atoms with Crippen LogP contribution in [-0.2, 0) is 0 Å². The first-order chi connectivity index (χ1) is 6.77. The van der Waals surface area contributed by atoms with Gasteiger partial charge in [-0.3, -0.25) is 0 Å². The Balaban J connectivity index is 2.85. The normalized spacial score (nSPS) is 11.1. The van der Waals surface area contributed by atoms with Gasteiger partial charge < -0.3 is 20.8 Å². The van der Waals surface area contributed by atoms with E-state index >= 15 is 0 Å². The molecule has 0 spiro atoms. The van der Waals surface area contributed by atoms with E-state index in [0.29, 0.717) is 13.0 Å². The summed E-state index contributed by atoms with van der Waals surface area (Å²) in [6.45, 7) is 5.98. The molecule has 0 aliphatic carbocycles. The topological polar surface area (TPSA) is 64.5 Å². The van der Waals surface area contributed by atoms with Gasteiger partial charge in [0.1, 0.15) is 0 Å². The third-order valence-electron chi connectivity index (χ3n) is 1.96. The van der Waals surface area contributed by atoms with Crippen LogP contribution in [0.25, 0.3) is 0 Å². The van der Waals surface area contributed by atoms with Crippen LogP contribution in [0.1, 0.15) is 32.6 Å². The number of unbranched alkanes of at least 4 members (excludes halogenated alkanes) is 1. The second-order valence-corrected chi connectivity index (χ2v) is 3.48. The number of nitrogens with one attached hydrogen (secondary N) is 2. The molecule has 0 radical (unpaired) electrons. The fourth-order valence-electron chi connectivity index (χ4n) is 1.16. The molecule has 0 aromatic heterocycles. The first-order valence-electron chi connectivity index (χ1n) is 5.55. The van der Waals surface area contributed by atoms with E-state index in [1.54, 1.807) is 0 Å². The smallest absolute Gasteiger partial charge is 0.152 e. The first-order valence-corrected chi connectivity index (χ1v) is 5.55. The van der Waals surface area contributed by atoms with E-state index in [0.717, 1.165) is 26.1 Å². The van der Waals surface area contributed by atoms with Gasteiger partial charge in [-0.05, 0) is 45.4 Å². The molecule has 0 aliphatic heterocycles. The highest BCUT2D eigenvalue weighted by atomic mass is 16.5. The maximum absolute atomic E-state index is 8.56. The lowest BCUT2D eigenvalue weighted by Crippen LogP contribution is -2.22. The third kappa shape index (κ3) is 11.8. The summed E-state index contributed by atoms with van der Waals surface area (Å²) >= 11 is 0. The van der Waals surface area contributed by atoms with Gasteiger partial charge in [-0.15, -0.1) is 0 Å². The van der Waals surface area contributed by atoms with Gasteiger partial charge in [-0.25, -0.2) is 0 Å². The summed E-state index contributed by atoms with van der Waals surface area (Å²) in [7, 11) is 0. The summed E-state index contributed by atoms with van der Waals surface area (Å²) in [4.78, 5) is 0. The Labute approximate surface area is 86.7 Å². The van der Waals surface area contributed by atoms with Crippen molar-refractivity contribution < 1.29 is 10.2 Å². The molecule has 4 N–H and O–H groups in total. The molecule has 4 heteroatoms. The maximum atomic E-state index is 8.56. The Morgan fingerprint density at radius 1 is 0.929 bits per heavy atom. The van der Waals surface area contributed by atoms with Crippen LogP contribution in [0.3, 0.4) is 0 Å². The fraction of sp³-hybridized carbons (Fsp3) is 1.00. The van der Waals surface area contributed by atoms with Crippen LogP contribution in [0.4, 0.5) is 0 Å². The molecule has 0 saturated heterocycles. The highest BCUT2D eigenvalue weighted by Crippen LogP contribution is 1.87. The number of hydrogen-bond acceptors (Lipinski definition) is 4. The van der Waals surface area contributed by atoms with E-state index in [1.165, 1.54) is 12.8 Å². The minimum atomic E-state index is -1.17. The average Bonchev–Trinajstić information content (AvgIpc) is 2.15. The quantitative estimate of drug-likeness (QED) is 0.300. The largest absolute Gasteiger partial charge is 0.368 e. The predicted octanol–water partition coefficient (Wildman–Crippen LogP) is 0.0566. The van der Waals surface area contributed by atoms with Gasteiger partial charge in [-0.1, -0.05) is 6.92 Å². The van der Waals surface area contributed by atoms with Crippen molar-refractivity contribution in [3.63, 3.8) is 0 Å². The Morgan fingerprint density at radius 3 is 2.00 bits per heavy atom. The van der Waals surface area contributed by atoms with Crippen molar-refractivity contribution in [2.75, 3.05) is 26.2 Å². The van der Waals surface area contributed by atoms with Crippen molar-refractivity contribution in [2.45, 2.75) is 38.9 Å². The summed E-state index contributed by atoms with van der Waals surface area (Å²) < 4.78 is 0. The highest BCUT2D eigenvalue weighted by Gasteiger charge is 1.95. The van der Waals surface area contributed by atoms with E-state index in [-0.39, 0.29) is 0 Å². The molecule has 0 unspecified atom stereocenters. The molecule has 0 fully saturated rings. The van der Waals surface area contributed by atoms with Crippen molar-refractivity contribution in [3.8, 4) is 0 Å². The minimum absolute atomic E-state index is 0.411. The van der Waals surface area contributed by atoms with Crippen LogP contribution in [0.15, 0.2) is 0 Å². The summed E-state index contributed by atoms with van der Waals surface area (Å²) in [5.41, 5.74) is 0. The second kappa shape index (κ2) is 10.9. The van der Waals surface area contributed by atoms with Crippen LogP contribution in [0.5, 0.6) is 0 Å². The van der Waals surface area contributed by atoms with Crippen LogP contribution in [0.2, 0.25) is 0 Å². The summed E-state index contributed by atoms with van der Waals surface area (Å²) in [5, 5.41) is 23.6. The van der Waals surface area contributed by atoms with Gasteiger partial charge in [0.15, 0.2) is 6.29 Å². The summed E-state index contributed by atoms with van der Waals surface area (Å²) in [6.07, 6.45) is 2.74. The molecule has 0 aromatic rings. The molecule has 0 aromatic carbocycles. The second-order valence-electron chi connectivity index (χ2n) is 3.48. The molecule has 86 valence electrons. The molecule has 0 bridgehead atoms. The van der Waals surface area contributed by atoms with Gasteiger partial charge >= 0.3 is 0 Å². The third-order valence-corrected chi connectivity index (χ3v) is 1.96. The van der Waals surface area contributed by atoms with E-state index in [9.17, 15) is 0 Å². The van der Waals surface area contributed by atoms with Gasteiger partial charge in [0.25, 0.3) is 0 Å². The molecule has 0 atom stereocenters. The standard InChI is InChI=1S/C10H24N2O2/c1-2-6-11-7-3-4-8-12-9-5-10(13)14/h10-14H,2-9H2,1H3. The van der Waals surface area contributed by atoms with Crippen molar-refractivity contribution in [2.24, 2.45) is 0 Å². The minimum Gasteiger partial charge on any atom is -0.368 e. The predicted molar refractivity (Wildman–Crippen MR) is 58.1 cm³/mol. The van der Waals surface area contributed by atoms with Crippen molar-refractivity contribution in [3.05, 3.63) is 0 Å². The van der Waals surface area contributed by atoms with Crippen LogP contribution in [-0.4, -0.2) is 42.7 Å². The molecule has 0 aliphatic rings. The van der Waals surface area contributed by atoms with E-state index in [1.807, 2.05) is 0 Å². The SMILES string of the molecule is CCCNCCCCNCCC(O)O. The molecule has 4 nitrogen and oxygen atoms in total. The lowest BCUT2D eigenvalue weighted by Gasteiger charge is -2.06. The Kier molecular flexibility index (Phi) is 10.8. The molecule has 0 saturated carbocycles. The molecule has 14 heavy (non-hydrogen) atoms. The summed E-state index contributed by atoms with van der Waals surface area (Å²) in [6, 6.07) is 0. The first kappa shape index (κ1) is 13.8. The van der Waals surface area contributed by atoms with Gasteiger partial charge in [-0.2, -0.15) is 0 Å². The van der Waals surface area contributed by atoms with E-state index in [4.69, 9.17) is 10.2 Å². The molecular formula is C10H24N2O2. The van der Waals surface area contributed by atoms with E-state index < -0.39 is 6.29 Å². The number of hydrogen-bond donors (Lipinski definition) is 4. The number of aliphatic hydroxyl groups excluding tert-OH is 1.